The minimum absolute atomic E-state index is 0.295. The summed E-state index contributed by atoms with van der Waals surface area (Å²) >= 11 is 0. The largest absolute Gasteiger partial charge is 0.439 e. The van der Waals surface area contributed by atoms with Gasteiger partial charge in [0.05, 0.1) is 11.3 Å². The quantitative estimate of drug-likeness (QED) is 0.653. The predicted octanol–water partition coefficient (Wildman–Crippen LogP) is 3.62. The van der Waals surface area contributed by atoms with Gasteiger partial charge >= 0.3 is 5.97 Å². The molecular formula is C23H25N3O2. The van der Waals surface area contributed by atoms with Crippen LogP contribution in [0.5, 0.6) is 0 Å². The molecule has 0 N–H and O–H groups in total. The number of hydrogen-bond acceptors (Lipinski definition) is 4. The van der Waals surface area contributed by atoms with Crippen molar-refractivity contribution < 1.29 is 9.53 Å². The lowest BCUT2D eigenvalue weighted by Crippen LogP contribution is -2.31. The van der Waals surface area contributed by atoms with Crippen molar-refractivity contribution >= 4 is 17.3 Å². The number of anilines is 2. The highest BCUT2D eigenvalue weighted by atomic mass is 16.6. The van der Waals surface area contributed by atoms with Gasteiger partial charge in [-0.3, -0.25) is 0 Å². The van der Waals surface area contributed by atoms with E-state index >= 15 is 0 Å². The second kappa shape index (κ2) is 6.44. The van der Waals surface area contributed by atoms with Gasteiger partial charge in [0, 0.05) is 63.9 Å². The molecule has 0 radical (unpaired) electrons. The van der Waals surface area contributed by atoms with Gasteiger partial charge in [-0.1, -0.05) is 18.2 Å². The van der Waals surface area contributed by atoms with E-state index < -0.39 is 5.60 Å². The molecule has 1 aliphatic heterocycles. The lowest BCUT2D eigenvalue weighted by atomic mass is 9.82. The fraction of sp³-hybridized carbons (Fsp3) is 0.261. The first kappa shape index (κ1) is 18.2. The highest BCUT2D eigenvalue weighted by Gasteiger charge is 2.50. The molecule has 0 bridgehead atoms. The van der Waals surface area contributed by atoms with E-state index in [4.69, 9.17) is 4.74 Å². The Hall–Kier alpha value is -3.21. The molecular weight excluding hydrogens is 350 g/mol. The number of ether oxygens (including phenoxy) is 1. The maximum atomic E-state index is 13.0. The zero-order chi connectivity index (χ0) is 20.1. The van der Waals surface area contributed by atoms with Crippen molar-refractivity contribution in [2.24, 2.45) is 7.05 Å². The van der Waals surface area contributed by atoms with Gasteiger partial charge in [0.2, 0.25) is 5.60 Å². The first-order valence-corrected chi connectivity index (χ1v) is 9.29. The topological polar surface area (TPSA) is 37.7 Å². The number of cyclic esters (lactones) is 1. The lowest BCUT2D eigenvalue weighted by molar-refractivity contribution is 0.0231. The highest BCUT2D eigenvalue weighted by molar-refractivity contribution is 5.97. The number of aromatic nitrogens is 1. The van der Waals surface area contributed by atoms with Crippen LogP contribution in [-0.4, -0.2) is 38.7 Å². The number of hydrogen-bond donors (Lipinski definition) is 0. The van der Waals surface area contributed by atoms with E-state index in [0.29, 0.717) is 5.56 Å². The summed E-state index contributed by atoms with van der Waals surface area (Å²) in [5.41, 5.74) is 4.46. The first-order valence-electron chi connectivity index (χ1n) is 9.29. The standard InChI is InChI=1S/C23H25N3O2/c1-24(2)17-10-8-16(9-11-17)23(21-7-6-14-26(21)5)20-13-12-18(25(3)4)15-19(20)22(27)28-23/h6-15H,1-5H3. The summed E-state index contributed by atoms with van der Waals surface area (Å²) in [6.45, 7) is 0. The maximum Gasteiger partial charge on any atom is 0.340 e. The van der Waals surface area contributed by atoms with Crippen LogP contribution in [0.3, 0.4) is 0 Å². The molecule has 1 aromatic heterocycles. The van der Waals surface area contributed by atoms with Crippen molar-refractivity contribution in [2.45, 2.75) is 5.60 Å². The molecule has 3 aromatic rings. The summed E-state index contributed by atoms with van der Waals surface area (Å²) in [4.78, 5) is 17.0. The molecule has 2 aromatic carbocycles. The van der Waals surface area contributed by atoms with Crippen molar-refractivity contribution in [3.8, 4) is 0 Å². The third kappa shape index (κ3) is 2.58. The van der Waals surface area contributed by atoms with Crippen molar-refractivity contribution in [3.05, 3.63) is 83.2 Å². The third-order valence-corrected chi connectivity index (χ3v) is 5.46. The zero-order valence-corrected chi connectivity index (χ0v) is 16.9. The van der Waals surface area contributed by atoms with Crippen LogP contribution in [-0.2, 0) is 17.4 Å². The van der Waals surface area contributed by atoms with Crippen molar-refractivity contribution in [1.82, 2.24) is 4.57 Å². The smallest absolute Gasteiger partial charge is 0.340 e. The Morgan fingerprint density at radius 1 is 0.893 bits per heavy atom. The minimum Gasteiger partial charge on any atom is -0.439 e. The van der Waals surface area contributed by atoms with E-state index in [2.05, 4.69) is 17.0 Å². The fourth-order valence-corrected chi connectivity index (χ4v) is 3.91. The zero-order valence-electron chi connectivity index (χ0n) is 16.9. The number of esters is 1. The molecule has 1 atom stereocenters. The molecule has 1 aliphatic rings. The molecule has 144 valence electrons. The second-order valence-electron chi connectivity index (χ2n) is 7.64. The Labute approximate surface area is 165 Å². The molecule has 2 heterocycles. The van der Waals surface area contributed by atoms with Crippen LogP contribution in [0.25, 0.3) is 0 Å². The Kier molecular flexibility index (Phi) is 4.18. The summed E-state index contributed by atoms with van der Waals surface area (Å²) in [6, 6.07) is 18.2. The molecule has 0 aliphatic carbocycles. The summed E-state index contributed by atoms with van der Waals surface area (Å²) in [7, 11) is 9.93. The predicted molar refractivity (Wildman–Crippen MR) is 112 cm³/mol. The van der Waals surface area contributed by atoms with E-state index in [1.54, 1.807) is 0 Å². The molecule has 0 spiro atoms. The van der Waals surface area contributed by atoms with Crippen LogP contribution >= 0.6 is 0 Å². The van der Waals surface area contributed by atoms with Crippen LogP contribution in [0.4, 0.5) is 11.4 Å². The normalized spacial score (nSPS) is 18.0. The Morgan fingerprint density at radius 2 is 1.54 bits per heavy atom. The molecule has 28 heavy (non-hydrogen) atoms. The van der Waals surface area contributed by atoms with Gasteiger partial charge in [0.25, 0.3) is 0 Å². The van der Waals surface area contributed by atoms with Crippen molar-refractivity contribution in [3.63, 3.8) is 0 Å². The van der Waals surface area contributed by atoms with Crippen LogP contribution < -0.4 is 9.80 Å². The molecule has 1 unspecified atom stereocenters. The van der Waals surface area contributed by atoms with E-state index in [0.717, 1.165) is 28.2 Å². The molecule has 4 rings (SSSR count). The second-order valence-corrected chi connectivity index (χ2v) is 7.64. The van der Waals surface area contributed by atoms with Gasteiger partial charge in [0.15, 0.2) is 0 Å². The molecule has 0 saturated carbocycles. The van der Waals surface area contributed by atoms with Gasteiger partial charge in [-0.15, -0.1) is 0 Å². The summed E-state index contributed by atoms with van der Waals surface area (Å²) in [5, 5.41) is 0. The van der Waals surface area contributed by atoms with Crippen LogP contribution in [0.1, 0.15) is 27.2 Å². The third-order valence-electron chi connectivity index (χ3n) is 5.46. The Morgan fingerprint density at radius 3 is 2.11 bits per heavy atom. The van der Waals surface area contributed by atoms with Gasteiger partial charge in [-0.2, -0.15) is 0 Å². The Balaban J connectivity index is 1.98. The van der Waals surface area contributed by atoms with Gasteiger partial charge < -0.3 is 19.1 Å². The van der Waals surface area contributed by atoms with Gasteiger partial charge in [0.1, 0.15) is 0 Å². The maximum absolute atomic E-state index is 13.0. The number of carbonyl (C=O) groups is 1. The average Bonchev–Trinajstić information content (AvgIpc) is 3.23. The van der Waals surface area contributed by atoms with Crippen molar-refractivity contribution in [1.29, 1.82) is 0 Å². The number of carbonyl (C=O) groups excluding carboxylic acids is 1. The van der Waals surface area contributed by atoms with E-state index in [9.17, 15) is 4.79 Å². The number of rotatable bonds is 4. The van der Waals surface area contributed by atoms with Gasteiger partial charge in [-0.25, -0.2) is 4.79 Å². The summed E-state index contributed by atoms with van der Waals surface area (Å²) in [5.74, 6) is -0.295. The molecule has 0 saturated heterocycles. The van der Waals surface area contributed by atoms with Crippen LogP contribution in [0.15, 0.2) is 60.8 Å². The number of aryl methyl sites for hydroxylation is 1. The first-order chi connectivity index (χ1) is 13.3. The summed E-state index contributed by atoms with van der Waals surface area (Å²) in [6.07, 6.45) is 1.98. The molecule has 0 amide bonds. The SMILES string of the molecule is CN(C)c1ccc(C2(c3cccn3C)OC(=O)c3cc(N(C)C)ccc32)cc1. The minimum atomic E-state index is -0.958. The monoisotopic (exact) mass is 375 g/mol. The number of benzene rings is 2. The molecule has 5 nitrogen and oxygen atoms in total. The van der Waals surface area contributed by atoms with Crippen LogP contribution in [0.2, 0.25) is 0 Å². The van der Waals surface area contributed by atoms with E-state index in [1.165, 1.54) is 0 Å². The van der Waals surface area contributed by atoms with Crippen molar-refractivity contribution in [2.75, 3.05) is 38.0 Å². The highest BCUT2D eigenvalue weighted by Crippen LogP contribution is 2.47. The lowest BCUT2D eigenvalue weighted by Gasteiger charge is -2.31. The summed E-state index contributed by atoms with van der Waals surface area (Å²) < 4.78 is 8.19. The molecule has 0 fully saturated rings. The average molecular weight is 375 g/mol. The Bertz CT molecular complexity index is 1030. The molecule has 5 heteroatoms. The van der Waals surface area contributed by atoms with Crippen LogP contribution in [0, 0.1) is 0 Å². The number of nitrogens with zero attached hydrogens (tertiary/aromatic N) is 3. The fourth-order valence-electron chi connectivity index (χ4n) is 3.91. The van der Waals surface area contributed by atoms with Gasteiger partial charge in [-0.05, 0) is 36.4 Å². The van der Waals surface area contributed by atoms with E-state index in [-0.39, 0.29) is 5.97 Å². The number of fused-ring (bicyclic) bond motifs is 1. The van der Waals surface area contributed by atoms with E-state index in [1.807, 2.05) is 93.4 Å².